The van der Waals surface area contributed by atoms with Crippen LogP contribution < -0.4 is 10.5 Å². The van der Waals surface area contributed by atoms with Crippen LogP contribution in [0, 0.1) is 0 Å². The molecule has 2 aromatic rings. The monoisotopic (exact) mass is 218 g/mol. The Labute approximate surface area is 94.1 Å². The van der Waals surface area contributed by atoms with Crippen LogP contribution >= 0.6 is 0 Å². The van der Waals surface area contributed by atoms with E-state index in [1.54, 1.807) is 13.3 Å². The maximum absolute atomic E-state index is 5.46. The summed E-state index contributed by atoms with van der Waals surface area (Å²) in [4.78, 5) is 3.88. The molecule has 0 saturated heterocycles. The third-order valence-electron chi connectivity index (χ3n) is 2.46. The number of hydrogen-bond acceptors (Lipinski definition) is 4. The summed E-state index contributed by atoms with van der Waals surface area (Å²) in [5.41, 5.74) is 7.55. The fraction of sp³-hybridized carbons (Fsp3) is 0.250. The standard InChI is InChI=1S/C12H14N2O2/c1-3-8-4-5-10(15-2)9(6-8)11-7-14-12(13)16-11/h4-7H,3H2,1-2H3,(H2,13,14). The smallest absolute Gasteiger partial charge is 0.292 e. The molecule has 0 aliphatic rings. The Kier molecular flexibility index (Phi) is 2.81. The maximum Gasteiger partial charge on any atom is 0.292 e. The Bertz CT molecular complexity index is 492. The van der Waals surface area contributed by atoms with Crippen molar-refractivity contribution < 1.29 is 9.15 Å². The van der Waals surface area contributed by atoms with E-state index in [1.807, 2.05) is 18.2 Å². The van der Waals surface area contributed by atoms with Crippen molar-refractivity contribution in [1.29, 1.82) is 0 Å². The highest BCUT2D eigenvalue weighted by atomic mass is 16.5. The van der Waals surface area contributed by atoms with Crippen LogP contribution in [0.4, 0.5) is 6.01 Å². The molecule has 0 aliphatic carbocycles. The first-order valence-corrected chi connectivity index (χ1v) is 5.13. The van der Waals surface area contributed by atoms with Crippen molar-refractivity contribution >= 4 is 6.01 Å². The van der Waals surface area contributed by atoms with Gasteiger partial charge in [-0.3, -0.25) is 0 Å². The van der Waals surface area contributed by atoms with Gasteiger partial charge < -0.3 is 14.9 Å². The normalized spacial score (nSPS) is 10.4. The average molecular weight is 218 g/mol. The van der Waals surface area contributed by atoms with Gasteiger partial charge in [-0.2, -0.15) is 0 Å². The van der Waals surface area contributed by atoms with Crippen LogP contribution in [0.5, 0.6) is 5.75 Å². The summed E-state index contributed by atoms with van der Waals surface area (Å²) in [6, 6.07) is 6.15. The molecule has 0 atom stereocenters. The SMILES string of the molecule is CCc1ccc(OC)c(-c2cnc(N)o2)c1. The molecule has 2 N–H and O–H groups in total. The Balaban J connectivity index is 2.52. The van der Waals surface area contributed by atoms with E-state index in [0.717, 1.165) is 17.7 Å². The third kappa shape index (κ3) is 1.86. The number of benzene rings is 1. The number of nitrogen functional groups attached to an aromatic ring is 1. The minimum atomic E-state index is 0.166. The second kappa shape index (κ2) is 4.26. The molecule has 1 heterocycles. The molecule has 0 saturated carbocycles. The van der Waals surface area contributed by atoms with Gasteiger partial charge in [0.15, 0.2) is 5.76 Å². The lowest BCUT2D eigenvalue weighted by Gasteiger charge is -2.07. The molecular formula is C12H14N2O2. The number of nitrogens with zero attached hydrogens (tertiary/aromatic N) is 1. The van der Waals surface area contributed by atoms with Gasteiger partial charge in [0.05, 0.1) is 18.9 Å². The number of anilines is 1. The fourth-order valence-electron chi connectivity index (χ4n) is 1.58. The van der Waals surface area contributed by atoms with Crippen LogP contribution in [-0.2, 0) is 6.42 Å². The summed E-state index contributed by atoms with van der Waals surface area (Å²) in [7, 11) is 1.63. The van der Waals surface area contributed by atoms with Crippen molar-refractivity contribution in [3.05, 3.63) is 30.0 Å². The lowest BCUT2D eigenvalue weighted by atomic mass is 10.1. The molecule has 0 spiro atoms. The number of nitrogens with two attached hydrogens (primary N) is 1. The Hall–Kier alpha value is -1.97. The molecule has 0 aliphatic heterocycles. The van der Waals surface area contributed by atoms with Crippen LogP contribution in [0.15, 0.2) is 28.8 Å². The molecule has 0 amide bonds. The van der Waals surface area contributed by atoms with E-state index in [9.17, 15) is 0 Å². The maximum atomic E-state index is 5.46. The highest BCUT2D eigenvalue weighted by Gasteiger charge is 2.10. The van der Waals surface area contributed by atoms with Crippen molar-refractivity contribution in [3.8, 4) is 17.1 Å². The summed E-state index contributed by atoms with van der Waals surface area (Å²) in [6.45, 7) is 2.10. The van der Waals surface area contributed by atoms with E-state index in [-0.39, 0.29) is 6.01 Å². The quantitative estimate of drug-likeness (QED) is 0.859. The number of methoxy groups -OCH3 is 1. The third-order valence-corrected chi connectivity index (χ3v) is 2.46. The number of rotatable bonds is 3. The number of ether oxygens (including phenoxy) is 1. The van der Waals surface area contributed by atoms with E-state index in [2.05, 4.69) is 11.9 Å². The van der Waals surface area contributed by atoms with E-state index >= 15 is 0 Å². The van der Waals surface area contributed by atoms with Gasteiger partial charge in [0.2, 0.25) is 0 Å². The summed E-state index contributed by atoms with van der Waals surface area (Å²) < 4.78 is 10.6. The van der Waals surface area contributed by atoms with E-state index in [1.165, 1.54) is 5.56 Å². The Morgan fingerprint density at radius 2 is 2.25 bits per heavy atom. The molecule has 4 heteroatoms. The summed E-state index contributed by atoms with van der Waals surface area (Å²) in [5, 5.41) is 0. The van der Waals surface area contributed by atoms with Crippen molar-refractivity contribution in [1.82, 2.24) is 4.98 Å². The molecular weight excluding hydrogens is 204 g/mol. The van der Waals surface area contributed by atoms with Gasteiger partial charge in [-0.05, 0) is 24.1 Å². The molecule has 2 rings (SSSR count). The molecule has 1 aromatic heterocycles. The average Bonchev–Trinajstić information content (AvgIpc) is 2.75. The molecule has 1 aromatic carbocycles. The number of aryl methyl sites for hydroxylation is 1. The molecule has 16 heavy (non-hydrogen) atoms. The van der Waals surface area contributed by atoms with E-state index in [4.69, 9.17) is 14.9 Å². The van der Waals surface area contributed by atoms with Crippen molar-refractivity contribution in [3.63, 3.8) is 0 Å². The zero-order valence-electron chi connectivity index (χ0n) is 9.36. The van der Waals surface area contributed by atoms with E-state index < -0.39 is 0 Å². The van der Waals surface area contributed by atoms with E-state index in [0.29, 0.717) is 5.76 Å². The Morgan fingerprint density at radius 3 is 2.81 bits per heavy atom. The first-order chi connectivity index (χ1) is 7.74. The second-order valence-electron chi connectivity index (χ2n) is 3.45. The highest BCUT2D eigenvalue weighted by Crippen LogP contribution is 2.31. The highest BCUT2D eigenvalue weighted by molar-refractivity contribution is 5.66. The van der Waals surface area contributed by atoms with Gasteiger partial charge in [-0.15, -0.1) is 0 Å². The van der Waals surface area contributed by atoms with Crippen molar-refractivity contribution in [2.24, 2.45) is 0 Å². The molecule has 0 bridgehead atoms. The van der Waals surface area contributed by atoms with Crippen LogP contribution in [0.25, 0.3) is 11.3 Å². The largest absolute Gasteiger partial charge is 0.496 e. The van der Waals surface area contributed by atoms with Gasteiger partial charge in [-0.25, -0.2) is 4.98 Å². The van der Waals surface area contributed by atoms with Crippen molar-refractivity contribution in [2.75, 3.05) is 12.8 Å². The van der Waals surface area contributed by atoms with Gasteiger partial charge in [0.1, 0.15) is 5.75 Å². The number of hydrogen-bond donors (Lipinski definition) is 1. The predicted octanol–water partition coefficient (Wildman–Crippen LogP) is 2.49. The van der Waals surface area contributed by atoms with Crippen LogP contribution in [0.3, 0.4) is 0 Å². The van der Waals surface area contributed by atoms with Gasteiger partial charge in [-0.1, -0.05) is 13.0 Å². The number of aromatic nitrogens is 1. The molecule has 0 radical (unpaired) electrons. The lowest BCUT2D eigenvalue weighted by molar-refractivity contribution is 0.414. The number of oxazole rings is 1. The second-order valence-corrected chi connectivity index (χ2v) is 3.45. The topological polar surface area (TPSA) is 61.3 Å². The van der Waals surface area contributed by atoms with Crippen LogP contribution in [0.1, 0.15) is 12.5 Å². The zero-order valence-corrected chi connectivity index (χ0v) is 9.36. The first kappa shape index (κ1) is 10.5. The van der Waals surface area contributed by atoms with Crippen LogP contribution in [-0.4, -0.2) is 12.1 Å². The molecule has 0 fully saturated rings. The fourth-order valence-corrected chi connectivity index (χ4v) is 1.58. The predicted molar refractivity (Wildman–Crippen MR) is 62.3 cm³/mol. The van der Waals surface area contributed by atoms with Crippen molar-refractivity contribution in [2.45, 2.75) is 13.3 Å². The van der Waals surface area contributed by atoms with Gasteiger partial charge >= 0.3 is 0 Å². The van der Waals surface area contributed by atoms with Crippen LogP contribution in [0.2, 0.25) is 0 Å². The summed E-state index contributed by atoms with van der Waals surface area (Å²) in [5.74, 6) is 1.39. The first-order valence-electron chi connectivity index (χ1n) is 5.13. The molecule has 0 unspecified atom stereocenters. The van der Waals surface area contributed by atoms with Gasteiger partial charge in [0, 0.05) is 0 Å². The molecule has 4 nitrogen and oxygen atoms in total. The lowest BCUT2D eigenvalue weighted by Crippen LogP contribution is -1.89. The minimum absolute atomic E-state index is 0.166. The summed E-state index contributed by atoms with van der Waals surface area (Å²) >= 11 is 0. The zero-order chi connectivity index (χ0) is 11.5. The van der Waals surface area contributed by atoms with Gasteiger partial charge in [0.25, 0.3) is 6.01 Å². The Morgan fingerprint density at radius 1 is 1.44 bits per heavy atom. The summed E-state index contributed by atoms with van der Waals surface area (Å²) in [6.07, 6.45) is 2.56. The molecule has 84 valence electrons. The minimum Gasteiger partial charge on any atom is -0.496 e.